The zero-order chi connectivity index (χ0) is 28.1. The molecule has 3 nitrogen and oxygen atoms in total. The second-order valence-electron chi connectivity index (χ2n) is 14.6. The summed E-state index contributed by atoms with van der Waals surface area (Å²) in [7, 11) is 0. The van der Waals surface area contributed by atoms with Crippen molar-refractivity contribution >= 4 is 59.9 Å². The summed E-state index contributed by atoms with van der Waals surface area (Å²) in [6, 6.07) is 20.9. The van der Waals surface area contributed by atoms with Crippen LogP contribution in [-0.2, 0) is 12.8 Å². The average Bonchev–Trinajstić information content (AvgIpc) is 3.21. The first kappa shape index (κ1) is 25.3. The molecule has 0 aliphatic heterocycles. The van der Waals surface area contributed by atoms with Gasteiger partial charge < -0.3 is 4.40 Å². The summed E-state index contributed by atoms with van der Waals surface area (Å²) in [4.78, 5) is 9.73. The van der Waals surface area contributed by atoms with Crippen LogP contribution < -0.4 is 0 Å². The van der Waals surface area contributed by atoms with Gasteiger partial charge in [-0.15, -0.1) is 0 Å². The number of nitrogens with zero attached hydrogens (tertiary/aromatic N) is 3. The van der Waals surface area contributed by atoms with Gasteiger partial charge in [0.05, 0.1) is 33.0 Å². The molecule has 0 aliphatic rings. The number of pyridine rings is 1. The van der Waals surface area contributed by atoms with Crippen LogP contribution in [0.15, 0.2) is 60.9 Å². The zero-order valence-corrected chi connectivity index (χ0v) is 25.1. The molecule has 0 spiro atoms. The van der Waals surface area contributed by atoms with Gasteiger partial charge in [-0.2, -0.15) is 0 Å². The fraction of sp³-hybridized carbons (Fsp3) is 0.351. The largest absolute Gasteiger partial charge is 0.307 e. The number of hydrogen-bond donors (Lipinski definition) is 0. The molecule has 0 unspecified atom stereocenters. The molecule has 3 heterocycles. The molecule has 0 N–H and O–H groups in total. The van der Waals surface area contributed by atoms with Crippen molar-refractivity contribution in [3.05, 3.63) is 77.6 Å². The smallest absolute Gasteiger partial charge is 0.116 e. The highest BCUT2D eigenvalue weighted by atomic mass is 14.9. The first-order valence-corrected chi connectivity index (χ1v) is 14.7. The molecule has 202 valence electrons. The quantitative estimate of drug-likeness (QED) is 0.170. The van der Waals surface area contributed by atoms with Crippen molar-refractivity contribution < 1.29 is 0 Å². The van der Waals surface area contributed by atoms with Crippen LogP contribution in [0.2, 0.25) is 0 Å². The molecule has 0 bridgehead atoms. The monoisotopic (exact) mass is 525 g/mol. The third-order valence-electron chi connectivity index (χ3n) is 8.41. The van der Waals surface area contributed by atoms with Crippen LogP contribution in [0.4, 0.5) is 0 Å². The molecule has 7 aromatic rings. The van der Waals surface area contributed by atoms with E-state index < -0.39 is 0 Å². The molecule has 0 radical (unpaired) electrons. The van der Waals surface area contributed by atoms with E-state index in [4.69, 9.17) is 9.97 Å². The van der Waals surface area contributed by atoms with Gasteiger partial charge >= 0.3 is 0 Å². The molecule has 4 aromatic carbocycles. The Hall–Kier alpha value is -3.72. The van der Waals surface area contributed by atoms with Gasteiger partial charge in [0.25, 0.3) is 0 Å². The van der Waals surface area contributed by atoms with Gasteiger partial charge in [0.15, 0.2) is 0 Å². The van der Waals surface area contributed by atoms with Crippen LogP contribution in [0.25, 0.3) is 59.9 Å². The second kappa shape index (κ2) is 8.39. The third kappa shape index (κ3) is 3.78. The Labute approximate surface area is 236 Å². The van der Waals surface area contributed by atoms with Gasteiger partial charge in [-0.25, -0.2) is 9.97 Å². The number of benzene rings is 4. The molecule has 0 aliphatic carbocycles. The number of hydrogen-bond acceptors (Lipinski definition) is 2. The highest BCUT2D eigenvalue weighted by Gasteiger charge is 2.25. The van der Waals surface area contributed by atoms with Gasteiger partial charge in [-0.1, -0.05) is 85.7 Å². The predicted octanol–water partition coefficient (Wildman–Crippen LogP) is 10.2. The number of fused-ring (bicyclic) bond motifs is 7. The molecule has 0 saturated carbocycles. The van der Waals surface area contributed by atoms with E-state index in [2.05, 4.69) is 114 Å². The van der Waals surface area contributed by atoms with Gasteiger partial charge in [0, 0.05) is 16.2 Å². The molecule has 3 aromatic heterocycles. The molecule has 40 heavy (non-hydrogen) atoms. The maximum atomic E-state index is 4.99. The van der Waals surface area contributed by atoms with E-state index in [0.29, 0.717) is 5.92 Å². The number of rotatable bonds is 3. The van der Waals surface area contributed by atoms with Crippen molar-refractivity contribution in [3.63, 3.8) is 0 Å². The summed E-state index contributed by atoms with van der Waals surface area (Å²) in [6.07, 6.45) is 3.78. The normalized spacial score (nSPS) is 13.4. The Kier molecular flexibility index (Phi) is 5.30. The van der Waals surface area contributed by atoms with Gasteiger partial charge in [-0.05, 0) is 81.3 Å². The lowest BCUT2D eigenvalue weighted by Crippen LogP contribution is -2.12. The second-order valence-corrected chi connectivity index (χ2v) is 14.6. The molecule has 0 atom stereocenters. The van der Waals surface area contributed by atoms with Crippen molar-refractivity contribution in [1.29, 1.82) is 0 Å². The van der Waals surface area contributed by atoms with Crippen molar-refractivity contribution in [2.24, 2.45) is 10.8 Å². The van der Waals surface area contributed by atoms with Gasteiger partial charge in [0.2, 0.25) is 0 Å². The number of aromatic nitrogens is 3. The highest BCUT2D eigenvalue weighted by molar-refractivity contribution is 6.28. The van der Waals surface area contributed by atoms with Crippen LogP contribution in [-0.4, -0.2) is 14.4 Å². The summed E-state index contributed by atoms with van der Waals surface area (Å²) in [6.45, 7) is 18.6. The molecule has 3 heteroatoms. The minimum absolute atomic E-state index is 0.120. The van der Waals surface area contributed by atoms with Gasteiger partial charge in [0.1, 0.15) is 6.33 Å². The molecular weight excluding hydrogens is 486 g/mol. The maximum Gasteiger partial charge on any atom is 0.116 e. The first-order chi connectivity index (χ1) is 18.9. The topological polar surface area (TPSA) is 30.2 Å². The fourth-order valence-corrected chi connectivity index (χ4v) is 7.03. The van der Waals surface area contributed by atoms with Crippen LogP contribution in [0.5, 0.6) is 0 Å². The SMILES string of the molecule is CC(C)c1cccc2c1c1ccc3ncnc4c5cc6cc(CC(C)(C)C)ccc6c(CC(C)(C)C)c5n2c1c34. The molecular formula is C37H39N3. The van der Waals surface area contributed by atoms with Crippen LogP contribution in [0.3, 0.4) is 0 Å². The van der Waals surface area contributed by atoms with E-state index in [1.54, 1.807) is 6.33 Å². The average molecular weight is 526 g/mol. The van der Waals surface area contributed by atoms with Gasteiger partial charge in [-0.3, -0.25) is 0 Å². The lowest BCUT2D eigenvalue weighted by Gasteiger charge is -2.24. The first-order valence-electron chi connectivity index (χ1n) is 14.7. The van der Waals surface area contributed by atoms with E-state index >= 15 is 0 Å². The minimum atomic E-state index is 0.120. The fourth-order valence-electron chi connectivity index (χ4n) is 7.03. The highest BCUT2D eigenvalue weighted by Crippen LogP contribution is 2.45. The summed E-state index contributed by atoms with van der Waals surface area (Å²) < 4.78 is 2.56. The van der Waals surface area contributed by atoms with E-state index in [9.17, 15) is 0 Å². The zero-order valence-electron chi connectivity index (χ0n) is 25.1. The van der Waals surface area contributed by atoms with E-state index in [-0.39, 0.29) is 10.8 Å². The summed E-state index contributed by atoms with van der Waals surface area (Å²) >= 11 is 0. The standard InChI is InChI=1S/C37H39N3/c1-21(2)24-10-9-11-30-31(24)26-14-15-29-32-33(39-20-38-29)27-17-23-16-22(18-36(3,4)5)12-13-25(23)28(19-37(6,7)8)34(27)40(30)35(26)32/h9-17,20-21H,18-19H2,1-8H3. The summed E-state index contributed by atoms with van der Waals surface area (Å²) in [5, 5.41) is 7.72. The lowest BCUT2D eigenvalue weighted by molar-refractivity contribution is 0.411. The lowest BCUT2D eigenvalue weighted by atomic mass is 9.83. The van der Waals surface area contributed by atoms with E-state index in [1.165, 1.54) is 65.6 Å². The molecule has 0 fully saturated rings. The van der Waals surface area contributed by atoms with Crippen molar-refractivity contribution in [1.82, 2.24) is 14.4 Å². The minimum Gasteiger partial charge on any atom is -0.307 e. The Morgan fingerprint density at radius 1 is 0.725 bits per heavy atom. The third-order valence-corrected chi connectivity index (χ3v) is 8.41. The Bertz CT molecular complexity index is 2100. The molecule has 7 rings (SSSR count). The van der Waals surface area contributed by atoms with E-state index in [1.807, 2.05) is 0 Å². The van der Waals surface area contributed by atoms with Crippen LogP contribution in [0, 0.1) is 10.8 Å². The Balaban J connectivity index is 1.77. The van der Waals surface area contributed by atoms with Crippen molar-refractivity contribution in [2.45, 2.75) is 74.1 Å². The maximum absolute atomic E-state index is 4.99. The molecule has 0 amide bonds. The summed E-state index contributed by atoms with van der Waals surface area (Å²) in [5.41, 5.74) is 10.5. The predicted molar refractivity (Wildman–Crippen MR) is 172 cm³/mol. The molecule has 0 saturated heterocycles. The summed E-state index contributed by atoms with van der Waals surface area (Å²) in [5.74, 6) is 0.428. The van der Waals surface area contributed by atoms with Crippen molar-refractivity contribution in [2.75, 3.05) is 0 Å². The Morgan fingerprint density at radius 3 is 2.20 bits per heavy atom. The van der Waals surface area contributed by atoms with Crippen molar-refractivity contribution in [3.8, 4) is 0 Å². The van der Waals surface area contributed by atoms with Crippen LogP contribution in [0.1, 0.15) is 78.0 Å². The van der Waals surface area contributed by atoms with E-state index in [0.717, 1.165) is 23.9 Å². The van der Waals surface area contributed by atoms with Crippen LogP contribution >= 0.6 is 0 Å². The Morgan fingerprint density at radius 2 is 1.48 bits per heavy atom.